The molecule has 6 heteroatoms. The van der Waals surface area contributed by atoms with Crippen molar-refractivity contribution < 1.29 is 18.6 Å². The van der Waals surface area contributed by atoms with Gasteiger partial charge in [0.2, 0.25) is 0 Å². The van der Waals surface area contributed by atoms with Gasteiger partial charge in [0.05, 0.1) is 0 Å². The fraction of sp³-hybridized carbons (Fsp3) is 0.250. The first-order valence-electron chi connectivity index (χ1n) is 9.72. The zero-order valence-electron chi connectivity index (χ0n) is 17.4. The van der Waals surface area contributed by atoms with Gasteiger partial charge in [-0.05, 0) is 77.7 Å². The third-order valence-corrected chi connectivity index (χ3v) is 3.94. The minimum Gasteiger partial charge on any atom is -0.492 e. The van der Waals surface area contributed by atoms with Gasteiger partial charge in [0.15, 0.2) is 0 Å². The minimum atomic E-state index is -0.284. The summed E-state index contributed by atoms with van der Waals surface area (Å²) in [4.78, 5) is 0. The first-order chi connectivity index (χ1) is 14.6. The fourth-order valence-electron chi connectivity index (χ4n) is 2.48. The maximum absolute atomic E-state index is 13.2. The van der Waals surface area contributed by atoms with Gasteiger partial charge in [-0.3, -0.25) is 0 Å². The van der Waals surface area contributed by atoms with Gasteiger partial charge in [0.1, 0.15) is 24.0 Å². The number of halogens is 2. The van der Waals surface area contributed by atoms with E-state index in [1.165, 1.54) is 24.3 Å². The van der Waals surface area contributed by atoms with Crippen molar-refractivity contribution in [2.45, 2.75) is 13.3 Å². The molecule has 3 rings (SSSR count). The largest absolute Gasteiger partial charge is 0.492 e. The van der Waals surface area contributed by atoms with E-state index in [1.807, 2.05) is 18.2 Å². The zero-order valence-corrected chi connectivity index (χ0v) is 17.4. The molecule has 0 atom stereocenters. The zero-order chi connectivity index (χ0) is 22.4. The molecule has 0 radical (unpaired) electrons. The Morgan fingerprint density at radius 2 is 1.10 bits per heavy atom. The summed E-state index contributed by atoms with van der Waals surface area (Å²) in [5.41, 5.74) is 14.1. The molecule has 0 aliphatic rings. The summed E-state index contributed by atoms with van der Waals surface area (Å²) in [6, 6.07) is 18.3. The van der Waals surface area contributed by atoms with Crippen molar-refractivity contribution >= 4 is 0 Å². The highest BCUT2D eigenvalue weighted by Gasteiger charge is 2.07. The van der Waals surface area contributed by atoms with E-state index in [0.29, 0.717) is 18.9 Å². The number of ether oxygens (including phenoxy) is 1. The molecule has 4 nitrogen and oxygen atoms in total. The summed E-state index contributed by atoms with van der Waals surface area (Å²) in [6.07, 6.45) is 1.10. The van der Waals surface area contributed by atoms with Crippen LogP contribution in [-0.2, 0) is 0 Å². The van der Waals surface area contributed by atoms with E-state index >= 15 is 0 Å². The van der Waals surface area contributed by atoms with Crippen molar-refractivity contribution in [1.82, 2.24) is 0 Å². The van der Waals surface area contributed by atoms with E-state index in [-0.39, 0.29) is 11.6 Å². The van der Waals surface area contributed by atoms with E-state index in [9.17, 15) is 8.78 Å². The lowest BCUT2D eigenvalue weighted by Crippen LogP contribution is -2.10. The number of rotatable bonds is 6. The van der Waals surface area contributed by atoms with Crippen LogP contribution in [0.25, 0.3) is 22.3 Å². The SMILES string of the molecule is CCCN.CO.NCCOc1cc(-c2ccc(F)cc2)cc(-c2ccc(F)cc2)c1. The molecule has 0 aliphatic heterocycles. The summed E-state index contributed by atoms with van der Waals surface area (Å²) in [7, 11) is 1.00. The lowest BCUT2D eigenvalue weighted by Gasteiger charge is -2.12. The number of hydrogen-bond acceptors (Lipinski definition) is 4. The molecule has 0 saturated heterocycles. The second kappa shape index (κ2) is 14.2. The standard InChI is InChI=1S/C20H17F2NO.C3H9N.CH4O/c21-18-5-1-14(2-6-18)16-11-17(13-20(12-16)24-10-9-23)15-3-7-19(22)8-4-15;1-2-3-4;1-2/h1-8,11-13H,9-10,23H2;2-4H2,1H3;2H,1H3. The van der Waals surface area contributed by atoms with Gasteiger partial charge < -0.3 is 21.3 Å². The van der Waals surface area contributed by atoms with Crippen LogP contribution in [0.4, 0.5) is 8.78 Å². The molecule has 162 valence electrons. The molecule has 0 aliphatic carbocycles. The lowest BCUT2D eigenvalue weighted by atomic mass is 9.98. The monoisotopic (exact) mass is 416 g/mol. The second-order valence-corrected chi connectivity index (χ2v) is 6.19. The van der Waals surface area contributed by atoms with Crippen molar-refractivity contribution in [2.24, 2.45) is 11.5 Å². The van der Waals surface area contributed by atoms with Crippen LogP contribution in [0.3, 0.4) is 0 Å². The third-order valence-electron chi connectivity index (χ3n) is 3.94. The molecule has 3 aromatic carbocycles. The van der Waals surface area contributed by atoms with Crippen molar-refractivity contribution in [1.29, 1.82) is 0 Å². The summed E-state index contributed by atoms with van der Waals surface area (Å²) in [5.74, 6) is 0.0997. The Morgan fingerprint density at radius 1 is 0.700 bits per heavy atom. The predicted molar refractivity (Wildman–Crippen MR) is 119 cm³/mol. The maximum atomic E-state index is 13.2. The predicted octanol–water partition coefficient (Wildman–Crippen LogP) is 4.60. The summed E-state index contributed by atoms with van der Waals surface area (Å²) in [6.45, 7) is 3.68. The molecule has 0 heterocycles. The van der Waals surface area contributed by atoms with Gasteiger partial charge in [-0.1, -0.05) is 31.2 Å². The fourth-order valence-corrected chi connectivity index (χ4v) is 2.48. The highest BCUT2D eigenvalue weighted by molar-refractivity contribution is 5.75. The lowest BCUT2D eigenvalue weighted by molar-refractivity contribution is 0.328. The van der Waals surface area contributed by atoms with Crippen molar-refractivity contribution in [3.05, 3.63) is 78.4 Å². The minimum absolute atomic E-state index is 0.284. The molecule has 5 N–H and O–H groups in total. The Balaban J connectivity index is 0.000000673. The Morgan fingerprint density at radius 3 is 1.43 bits per heavy atom. The van der Waals surface area contributed by atoms with Crippen LogP contribution in [0.1, 0.15) is 13.3 Å². The highest BCUT2D eigenvalue weighted by atomic mass is 19.1. The number of nitrogens with two attached hydrogens (primary N) is 2. The smallest absolute Gasteiger partial charge is 0.123 e. The van der Waals surface area contributed by atoms with Crippen LogP contribution in [0, 0.1) is 11.6 Å². The Hall–Kier alpha value is -2.80. The highest BCUT2D eigenvalue weighted by Crippen LogP contribution is 2.31. The number of aliphatic hydroxyl groups excluding tert-OH is 1. The van der Waals surface area contributed by atoms with Crippen molar-refractivity contribution in [3.63, 3.8) is 0 Å². The van der Waals surface area contributed by atoms with E-state index < -0.39 is 0 Å². The van der Waals surface area contributed by atoms with Crippen LogP contribution >= 0.6 is 0 Å². The third kappa shape index (κ3) is 8.29. The molecule has 0 saturated carbocycles. The van der Waals surface area contributed by atoms with Gasteiger partial charge in [0, 0.05) is 13.7 Å². The van der Waals surface area contributed by atoms with Gasteiger partial charge in [0.25, 0.3) is 0 Å². The Bertz CT molecular complexity index is 788. The quantitative estimate of drug-likeness (QED) is 0.549. The summed E-state index contributed by atoms with van der Waals surface area (Å²) < 4.78 is 32.0. The van der Waals surface area contributed by atoms with E-state index in [4.69, 9.17) is 21.3 Å². The number of hydrogen-bond donors (Lipinski definition) is 3. The average molecular weight is 417 g/mol. The molecule has 0 spiro atoms. The van der Waals surface area contributed by atoms with Crippen molar-refractivity contribution in [2.75, 3.05) is 26.8 Å². The average Bonchev–Trinajstić information content (AvgIpc) is 2.80. The summed E-state index contributed by atoms with van der Waals surface area (Å²) in [5, 5.41) is 7.00. The van der Waals surface area contributed by atoms with Crippen molar-refractivity contribution in [3.8, 4) is 28.0 Å². The molecule has 0 fully saturated rings. The Kier molecular flexibility index (Phi) is 12.0. The number of aliphatic hydroxyl groups is 1. The van der Waals surface area contributed by atoms with Crippen LogP contribution in [0.5, 0.6) is 5.75 Å². The van der Waals surface area contributed by atoms with Gasteiger partial charge in [-0.2, -0.15) is 0 Å². The molecule has 0 bridgehead atoms. The second-order valence-electron chi connectivity index (χ2n) is 6.19. The van der Waals surface area contributed by atoms with Crippen LogP contribution < -0.4 is 16.2 Å². The van der Waals surface area contributed by atoms with E-state index in [1.54, 1.807) is 24.3 Å². The van der Waals surface area contributed by atoms with Crippen LogP contribution in [0.15, 0.2) is 66.7 Å². The van der Waals surface area contributed by atoms with Gasteiger partial charge in [-0.25, -0.2) is 8.78 Å². The molecule has 0 amide bonds. The number of benzene rings is 3. The molecule has 0 aromatic heterocycles. The van der Waals surface area contributed by atoms with Crippen LogP contribution in [-0.4, -0.2) is 31.9 Å². The first kappa shape index (κ1) is 25.2. The molecule has 0 unspecified atom stereocenters. The van der Waals surface area contributed by atoms with Gasteiger partial charge in [-0.15, -0.1) is 0 Å². The molecular formula is C24H30F2N2O2. The Labute approximate surface area is 177 Å². The molecule has 30 heavy (non-hydrogen) atoms. The normalized spacial score (nSPS) is 9.70. The van der Waals surface area contributed by atoms with E-state index in [2.05, 4.69) is 6.92 Å². The molecule has 3 aromatic rings. The topological polar surface area (TPSA) is 81.5 Å². The van der Waals surface area contributed by atoms with Crippen LogP contribution in [0.2, 0.25) is 0 Å². The van der Waals surface area contributed by atoms with E-state index in [0.717, 1.165) is 42.3 Å². The first-order valence-corrected chi connectivity index (χ1v) is 9.72. The maximum Gasteiger partial charge on any atom is 0.123 e. The van der Waals surface area contributed by atoms with Gasteiger partial charge >= 0.3 is 0 Å². The summed E-state index contributed by atoms with van der Waals surface area (Å²) >= 11 is 0. The molecular weight excluding hydrogens is 386 g/mol.